The number of para-hydroxylation sites is 1. The van der Waals surface area contributed by atoms with Gasteiger partial charge in [-0.3, -0.25) is 9.80 Å². The molecule has 4 nitrogen and oxygen atoms in total. The van der Waals surface area contributed by atoms with Crippen molar-refractivity contribution < 1.29 is 9.90 Å². The predicted molar refractivity (Wildman–Crippen MR) is 110 cm³/mol. The molecule has 0 unspecified atom stereocenters. The molecule has 27 heavy (non-hydrogen) atoms. The van der Waals surface area contributed by atoms with E-state index in [0.717, 1.165) is 11.3 Å². The van der Waals surface area contributed by atoms with Crippen LogP contribution in [0.1, 0.15) is 39.2 Å². The van der Waals surface area contributed by atoms with Crippen LogP contribution in [-0.2, 0) is 11.3 Å². The van der Waals surface area contributed by atoms with Crippen molar-refractivity contribution in [1.29, 1.82) is 0 Å². The molecule has 140 valence electrons. The first-order chi connectivity index (χ1) is 12.9. The maximum Gasteiger partial charge on any atom is 0.168 e. The van der Waals surface area contributed by atoms with E-state index in [2.05, 4.69) is 0 Å². The molecule has 3 rings (SSSR count). The van der Waals surface area contributed by atoms with Crippen molar-refractivity contribution in [3.63, 3.8) is 0 Å². The number of anilines is 1. The molecule has 0 amide bonds. The van der Waals surface area contributed by atoms with Crippen molar-refractivity contribution in [2.24, 2.45) is 10.5 Å². The summed E-state index contributed by atoms with van der Waals surface area (Å²) < 4.78 is 0. The van der Waals surface area contributed by atoms with Crippen LogP contribution in [0, 0.1) is 5.41 Å². The molecule has 4 heteroatoms. The lowest BCUT2D eigenvalue weighted by Crippen LogP contribution is -2.29. The summed E-state index contributed by atoms with van der Waals surface area (Å²) in [5, 5.41) is 17.1. The minimum Gasteiger partial charge on any atom is -0.511 e. The third-order valence-electron chi connectivity index (χ3n) is 4.71. The van der Waals surface area contributed by atoms with Gasteiger partial charge in [-0.2, -0.15) is 5.10 Å². The monoisotopic (exact) mass is 362 g/mol. The molecule has 0 spiro atoms. The zero-order chi connectivity index (χ0) is 19.4. The summed E-state index contributed by atoms with van der Waals surface area (Å²) in [7, 11) is 0. The molecule has 0 aromatic heterocycles. The SMILES string of the molecule is CC(=NN(Cc1ccccc1)c1ccccc1)C1=C(O)CC(C)(C)CC1=O. The number of Topliss-reactive ketones (excluding diaryl/α,β-unsaturated/α-hetero) is 1. The summed E-state index contributed by atoms with van der Waals surface area (Å²) in [6.07, 6.45) is 0.911. The van der Waals surface area contributed by atoms with E-state index in [0.29, 0.717) is 30.7 Å². The van der Waals surface area contributed by atoms with Gasteiger partial charge in [0.1, 0.15) is 5.76 Å². The van der Waals surface area contributed by atoms with E-state index in [1.165, 1.54) is 0 Å². The normalized spacial score (nSPS) is 17.1. The first kappa shape index (κ1) is 18.9. The fourth-order valence-electron chi connectivity index (χ4n) is 3.47. The lowest BCUT2D eigenvalue weighted by molar-refractivity contribution is -0.117. The van der Waals surface area contributed by atoms with Crippen LogP contribution in [0.3, 0.4) is 0 Å². The minimum atomic E-state index is -0.214. The standard InChI is InChI=1S/C23H26N2O2/c1-17(22-20(26)14-23(2,3)15-21(22)27)24-25(19-12-8-5-9-13-19)16-18-10-6-4-7-11-18/h4-13,26H,14-16H2,1-3H3. The number of aliphatic hydroxyl groups excluding tert-OH is 1. The van der Waals surface area contributed by atoms with Crippen LogP contribution in [0.4, 0.5) is 5.69 Å². The van der Waals surface area contributed by atoms with Crippen molar-refractivity contribution in [3.05, 3.63) is 77.6 Å². The molecule has 0 radical (unpaired) electrons. The van der Waals surface area contributed by atoms with E-state index in [4.69, 9.17) is 5.10 Å². The Morgan fingerprint density at radius 2 is 1.63 bits per heavy atom. The average molecular weight is 362 g/mol. The number of hydrogen-bond donors (Lipinski definition) is 1. The van der Waals surface area contributed by atoms with Crippen molar-refractivity contribution in [1.82, 2.24) is 0 Å². The van der Waals surface area contributed by atoms with Gasteiger partial charge < -0.3 is 5.11 Å². The Morgan fingerprint density at radius 1 is 1.04 bits per heavy atom. The Kier molecular flexibility index (Phi) is 5.45. The highest BCUT2D eigenvalue weighted by molar-refractivity contribution is 6.22. The zero-order valence-electron chi connectivity index (χ0n) is 16.1. The molecule has 0 bridgehead atoms. The molecular formula is C23H26N2O2. The zero-order valence-corrected chi connectivity index (χ0v) is 16.1. The molecule has 0 fully saturated rings. The Morgan fingerprint density at radius 3 is 2.22 bits per heavy atom. The van der Waals surface area contributed by atoms with Gasteiger partial charge in [-0.25, -0.2) is 0 Å². The Labute approximate surface area is 160 Å². The van der Waals surface area contributed by atoms with Gasteiger partial charge in [-0.1, -0.05) is 62.4 Å². The van der Waals surface area contributed by atoms with Crippen molar-refractivity contribution in [2.45, 2.75) is 40.2 Å². The second-order valence-electron chi connectivity index (χ2n) is 7.83. The smallest absolute Gasteiger partial charge is 0.168 e. The Hall–Kier alpha value is -2.88. The molecule has 1 N–H and O–H groups in total. The Balaban J connectivity index is 1.96. The van der Waals surface area contributed by atoms with Crippen LogP contribution in [0.25, 0.3) is 0 Å². The van der Waals surface area contributed by atoms with Crippen LogP contribution >= 0.6 is 0 Å². The van der Waals surface area contributed by atoms with Gasteiger partial charge >= 0.3 is 0 Å². The molecule has 0 atom stereocenters. The summed E-state index contributed by atoms with van der Waals surface area (Å²) in [6.45, 7) is 6.37. The number of ketones is 1. The van der Waals surface area contributed by atoms with Gasteiger partial charge in [0, 0.05) is 12.8 Å². The minimum absolute atomic E-state index is 0.0438. The second kappa shape index (κ2) is 7.78. The summed E-state index contributed by atoms with van der Waals surface area (Å²) in [5.74, 6) is 0.0999. The molecule has 2 aromatic rings. The van der Waals surface area contributed by atoms with E-state index in [9.17, 15) is 9.90 Å². The van der Waals surface area contributed by atoms with Crippen LogP contribution in [0.15, 0.2) is 77.1 Å². The van der Waals surface area contributed by atoms with E-state index >= 15 is 0 Å². The maximum atomic E-state index is 12.6. The van der Waals surface area contributed by atoms with E-state index in [-0.39, 0.29) is 17.0 Å². The lowest BCUT2D eigenvalue weighted by Gasteiger charge is -2.30. The van der Waals surface area contributed by atoms with Gasteiger partial charge in [0.15, 0.2) is 5.78 Å². The quantitative estimate of drug-likeness (QED) is 0.582. The van der Waals surface area contributed by atoms with Crippen molar-refractivity contribution in [3.8, 4) is 0 Å². The summed E-state index contributed by atoms with van der Waals surface area (Å²) in [4.78, 5) is 12.6. The Bertz CT molecular complexity index is 868. The maximum absolute atomic E-state index is 12.6. The van der Waals surface area contributed by atoms with Crippen molar-refractivity contribution >= 4 is 17.2 Å². The second-order valence-corrected chi connectivity index (χ2v) is 7.83. The molecule has 2 aromatic carbocycles. The number of carbonyl (C=O) groups is 1. The molecular weight excluding hydrogens is 336 g/mol. The predicted octanol–water partition coefficient (Wildman–Crippen LogP) is 5.27. The number of allylic oxidation sites excluding steroid dienone is 2. The molecule has 1 aliphatic rings. The highest BCUT2D eigenvalue weighted by atomic mass is 16.3. The van der Waals surface area contributed by atoms with Crippen LogP contribution in [0.2, 0.25) is 0 Å². The molecule has 0 heterocycles. The third kappa shape index (κ3) is 4.64. The summed E-state index contributed by atoms with van der Waals surface area (Å²) in [6, 6.07) is 19.9. The fourth-order valence-corrected chi connectivity index (χ4v) is 3.47. The first-order valence-electron chi connectivity index (χ1n) is 9.23. The fraction of sp³-hybridized carbons (Fsp3) is 0.304. The molecule has 0 saturated carbocycles. The third-order valence-corrected chi connectivity index (χ3v) is 4.71. The summed E-state index contributed by atoms with van der Waals surface area (Å²) in [5.41, 5.74) is 2.75. The topological polar surface area (TPSA) is 52.9 Å². The van der Waals surface area contributed by atoms with Crippen molar-refractivity contribution in [2.75, 3.05) is 5.01 Å². The molecule has 1 aliphatic carbocycles. The first-order valence-corrected chi connectivity index (χ1v) is 9.23. The average Bonchev–Trinajstić information content (AvgIpc) is 2.61. The number of benzene rings is 2. The highest BCUT2D eigenvalue weighted by Crippen LogP contribution is 2.36. The molecule has 0 saturated heterocycles. The number of hydrogen-bond acceptors (Lipinski definition) is 4. The number of aliphatic hydroxyl groups is 1. The van der Waals surface area contributed by atoms with Crippen LogP contribution in [0.5, 0.6) is 0 Å². The van der Waals surface area contributed by atoms with E-state index in [1.807, 2.05) is 79.5 Å². The highest BCUT2D eigenvalue weighted by Gasteiger charge is 2.34. The van der Waals surface area contributed by atoms with Crippen LogP contribution in [-0.4, -0.2) is 16.6 Å². The van der Waals surface area contributed by atoms with Gasteiger partial charge in [0.2, 0.25) is 0 Å². The molecule has 0 aliphatic heterocycles. The number of carbonyl (C=O) groups excluding carboxylic acids is 1. The van der Waals surface area contributed by atoms with Gasteiger partial charge in [-0.15, -0.1) is 0 Å². The van der Waals surface area contributed by atoms with Gasteiger partial charge in [0.05, 0.1) is 23.5 Å². The summed E-state index contributed by atoms with van der Waals surface area (Å²) >= 11 is 0. The number of nitrogens with zero attached hydrogens (tertiary/aromatic N) is 2. The van der Waals surface area contributed by atoms with Gasteiger partial charge in [0.25, 0.3) is 0 Å². The number of rotatable bonds is 5. The lowest BCUT2D eigenvalue weighted by atomic mass is 9.76. The van der Waals surface area contributed by atoms with E-state index in [1.54, 1.807) is 6.92 Å². The van der Waals surface area contributed by atoms with Gasteiger partial charge in [-0.05, 0) is 30.0 Å². The largest absolute Gasteiger partial charge is 0.511 e. The van der Waals surface area contributed by atoms with E-state index < -0.39 is 0 Å². The number of hydrazone groups is 1. The van der Waals surface area contributed by atoms with Crippen LogP contribution < -0.4 is 5.01 Å².